The Morgan fingerprint density at radius 1 is 1.12 bits per heavy atom. The number of para-hydroxylation sites is 1. The summed E-state index contributed by atoms with van der Waals surface area (Å²) in [5.41, 5.74) is 2.50. The fourth-order valence-corrected chi connectivity index (χ4v) is 2.99. The van der Waals surface area contributed by atoms with Crippen molar-refractivity contribution in [3.8, 4) is 5.75 Å². The van der Waals surface area contributed by atoms with E-state index in [9.17, 15) is 4.79 Å². The first-order chi connectivity index (χ1) is 11.7. The Hall–Kier alpha value is -2.59. The summed E-state index contributed by atoms with van der Waals surface area (Å²) in [6, 6.07) is 17.2. The fourth-order valence-electron chi connectivity index (χ4n) is 2.44. The van der Waals surface area contributed by atoms with Gasteiger partial charge in [0, 0.05) is 16.5 Å². The number of carbonyl (C=O) groups is 1. The summed E-state index contributed by atoms with van der Waals surface area (Å²) < 4.78 is 5.16. The molecule has 3 nitrogen and oxygen atoms in total. The van der Waals surface area contributed by atoms with Crippen molar-refractivity contribution in [1.29, 1.82) is 0 Å². The lowest BCUT2D eigenvalue weighted by molar-refractivity contribution is 0.104. The summed E-state index contributed by atoms with van der Waals surface area (Å²) in [4.78, 5) is 17.0. The number of carbonyl (C=O) groups excluding carboxylic acids is 1. The molecule has 1 heterocycles. The molecule has 0 atom stereocenters. The second-order valence-electron chi connectivity index (χ2n) is 5.21. The van der Waals surface area contributed by atoms with E-state index in [4.69, 9.17) is 4.74 Å². The maximum atomic E-state index is 12.4. The second kappa shape index (κ2) is 7.32. The third-order valence-electron chi connectivity index (χ3n) is 3.68. The summed E-state index contributed by atoms with van der Waals surface area (Å²) in [6.07, 6.45) is 5.39. The van der Waals surface area contributed by atoms with Crippen LogP contribution in [0.15, 0.2) is 65.7 Å². The molecular weight excluding hydrogens is 318 g/mol. The number of aromatic nitrogens is 1. The molecular formula is C20H17NO2S. The zero-order chi connectivity index (χ0) is 16.9. The van der Waals surface area contributed by atoms with Gasteiger partial charge in [0.25, 0.3) is 0 Å². The number of ether oxygens (including phenoxy) is 1. The van der Waals surface area contributed by atoms with Crippen LogP contribution in [0.4, 0.5) is 0 Å². The summed E-state index contributed by atoms with van der Waals surface area (Å²) in [5.74, 6) is 0.612. The van der Waals surface area contributed by atoms with Crippen molar-refractivity contribution in [2.75, 3.05) is 13.4 Å². The molecule has 3 aromatic rings. The molecule has 0 saturated carbocycles. The Morgan fingerprint density at radius 2 is 1.96 bits per heavy atom. The highest BCUT2D eigenvalue weighted by molar-refractivity contribution is 7.98. The minimum absolute atomic E-state index is 0.0610. The van der Waals surface area contributed by atoms with Gasteiger partial charge in [0.2, 0.25) is 0 Å². The van der Waals surface area contributed by atoms with Gasteiger partial charge in [0.1, 0.15) is 10.8 Å². The number of hydrogen-bond acceptors (Lipinski definition) is 4. The Bertz CT molecular complexity index is 918. The fraction of sp³-hybridized carbons (Fsp3) is 0.100. The van der Waals surface area contributed by atoms with E-state index in [2.05, 4.69) is 11.1 Å². The van der Waals surface area contributed by atoms with Gasteiger partial charge < -0.3 is 4.74 Å². The van der Waals surface area contributed by atoms with Crippen LogP contribution in [0.1, 0.15) is 15.9 Å². The average Bonchev–Trinajstić information content (AvgIpc) is 2.65. The number of allylic oxidation sites excluding steroid dienone is 1. The smallest absolute Gasteiger partial charge is 0.185 e. The van der Waals surface area contributed by atoms with E-state index in [1.165, 1.54) is 0 Å². The number of fused-ring (bicyclic) bond motifs is 1. The van der Waals surface area contributed by atoms with Gasteiger partial charge in [-0.2, -0.15) is 0 Å². The normalized spacial score (nSPS) is 11.1. The molecule has 0 spiro atoms. The molecule has 0 bridgehead atoms. The van der Waals surface area contributed by atoms with Crippen LogP contribution < -0.4 is 4.74 Å². The van der Waals surface area contributed by atoms with Crippen molar-refractivity contribution in [2.24, 2.45) is 0 Å². The SMILES string of the molecule is COc1cccc(C(=O)/C=C/c2cc3ccccc3nc2SC)c1. The van der Waals surface area contributed by atoms with Crippen molar-refractivity contribution in [1.82, 2.24) is 4.98 Å². The minimum atomic E-state index is -0.0610. The summed E-state index contributed by atoms with van der Waals surface area (Å²) >= 11 is 1.57. The lowest BCUT2D eigenvalue weighted by atomic mass is 10.1. The number of nitrogens with zero attached hydrogens (tertiary/aromatic N) is 1. The highest BCUT2D eigenvalue weighted by atomic mass is 32.2. The maximum absolute atomic E-state index is 12.4. The van der Waals surface area contributed by atoms with E-state index in [0.717, 1.165) is 21.5 Å². The number of rotatable bonds is 5. The van der Waals surface area contributed by atoms with Crippen molar-refractivity contribution in [3.05, 3.63) is 71.8 Å². The molecule has 2 aromatic carbocycles. The molecule has 24 heavy (non-hydrogen) atoms. The molecule has 0 aliphatic carbocycles. The molecule has 1 aromatic heterocycles. The number of benzene rings is 2. The summed E-state index contributed by atoms with van der Waals surface area (Å²) in [5, 5.41) is 1.96. The first-order valence-electron chi connectivity index (χ1n) is 7.51. The number of pyridine rings is 1. The van der Waals surface area contributed by atoms with Gasteiger partial charge in [-0.15, -0.1) is 11.8 Å². The standard InChI is InChI=1S/C20H17NO2S/c1-23-17-8-5-7-15(13-17)19(22)11-10-16-12-14-6-3-4-9-18(14)21-20(16)24-2/h3-13H,1-2H3/b11-10+. The van der Waals surface area contributed by atoms with Crippen molar-refractivity contribution in [3.63, 3.8) is 0 Å². The molecule has 0 radical (unpaired) electrons. The largest absolute Gasteiger partial charge is 0.497 e. The van der Waals surface area contributed by atoms with Crippen LogP contribution in [0.5, 0.6) is 5.75 Å². The van der Waals surface area contributed by atoms with Crippen LogP contribution in [0.25, 0.3) is 17.0 Å². The van der Waals surface area contributed by atoms with Crippen LogP contribution in [0.2, 0.25) is 0 Å². The van der Waals surface area contributed by atoms with E-state index in [0.29, 0.717) is 11.3 Å². The van der Waals surface area contributed by atoms with Crippen molar-refractivity contribution >= 4 is 34.5 Å². The molecule has 0 N–H and O–H groups in total. The van der Waals surface area contributed by atoms with Gasteiger partial charge in [0.15, 0.2) is 5.78 Å². The van der Waals surface area contributed by atoms with Gasteiger partial charge in [-0.3, -0.25) is 4.79 Å². The molecule has 0 aliphatic rings. The van der Waals surface area contributed by atoms with Crippen LogP contribution in [0.3, 0.4) is 0 Å². The van der Waals surface area contributed by atoms with E-state index in [1.807, 2.05) is 48.7 Å². The van der Waals surface area contributed by atoms with Gasteiger partial charge in [-0.05, 0) is 42.7 Å². The van der Waals surface area contributed by atoms with Crippen molar-refractivity contribution < 1.29 is 9.53 Å². The molecule has 0 unspecified atom stereocenters. The number of ketones is 1. The Labute approximate surface area is 145 Å². The maximum Gasteiger partial charge on any atom is 0.185 e. The lowest BCUT2D eigenvalue weighted by Gasteiger charge is -2.05. The molecule has 0 amide bonds. The topological polar surface area (TPSA) is 39.2 Å². The van der Waals surface area contributed by atoms with Gasteiger partial charge in [-0.25, -0.2) is 4.98 Å². The van der Waals surface area contributed by atoms with Crippen LogP contribution in [-0.2, 0) is 0 Å². The Kier molecular flexibility index (Phi) is 4.96. The van der Waals surface area contributed by atoms with Crippen molar-refractivity contribution in [2.45, 2.75) is 5.03 Å². The zero-order valence-corrected chi connectivity index (χ0v) is 14.3. The molecule has 0 aliphatic heterocycles. The molecule has 4 heteroatoms. The zero-order valence-electron chi connectivity index (χ0n) is 13.5. The first-order valence-corrected chi connectivity index (χ1v) is 8.74. The molecule has 3 rings (SSSR count). The minimum Gasteiger partial charge on any atom is -0.497 e. The van der Waals surface area contributed by atoms with E-state index < -0.39 is 0 Å². The number of methoxy groups -OCH3 is 1. The predicted octanol–water partition coefficient (Wildman–Crippen LogP) is 4.86. The summed E-state index contributed by atoms with van der Waals surface area (Å²) in [7, 11) is 1.59. The lowest BCUT2D eigenvalue weighted by Crippen LogP contribution is -1.95. The molecule has 0 fully saturated rings. The van der Waals surface area contributed by atoms with Crippen LogP contribution in [0, 0.1) is 0 Å². The quantitative estimate of drug-likeness (QED) is 0.379. The van der Waals surface area contributed by atoms with E-state index in [1.54, 1.807) is 37.1 Å². The summed E-state index contributed by atoms with van der Waals surface area (Å²) in [6.45, 7) is 0. The predicted molar refractivity (Wildman–Crippen MR) is 99.9 cm³/mol. The third kappa shape index (κ3) is 3.49. The highest BCUT2D eigenvalue weighted by Crippen LogP contribution is 2.24. The first kappa shape index (κ1) is 16.3. The highest BCUT2D eigenvalue weighted by Gasteiger charge is 2.06. The average molecular weight is 335 g/mol. The Morgan fingerprint density at radius 3 is 2.75 bits per heavy atom. The van der Waals surface area contributed by atoms with E-state index in [-0.39, 0.29) is 5.78 Å². The van der Waals surface area contributed by atoms with Crippen LogP contribution in [-0.4, -0.2) is 24.1 Å². The molecule has 120 valence electrons. The molecule has 0 saturated heterocycles. The van der Waals surface area contributed by atoms with E-state index >= 15 is 0 Å². The van der Waals surface area contributed by atoms with Gasteiger partial charge in [-0.1, -0.05) is 30.3 Å². The van der Waals surface area contributed by atoms with Gasteiger partial charge in [0.05, 0.1) is 12.6 Å². The Balaban J connectivity index is 1.93. The second-order valence-corrected chi connectivity index (χ2v) is 6.00. The number of thioether (sulfide) groups is 1. The monoisotopic (exact) mass is 335 g/mol. The van der Waals surface area contributed by atoms with Gasteiger partial charge >= 0.3 is 0 Å². The van der Waals surface area contributed by atoms with Crippen LogP contribution >= 0.6 is 11.8 Å². The third-order valence-corrected chi connectivity index (χ3v) is 4.39. The number of hydrogen-bond donors (Lipinski definition) is 0.